The van der Waals surface area contributed by atoms with Gasteiger partial charge in [0.15, 0.2) is 0 Å². The molecule has 1 aromatic rings. The number of halogens is 2. The number of amides is 1. The first kappa shape index (κ1) is 14.4. The zero-order valence-corrected chi connectivity index (χ0v) is 12.3. The Morgan fingerprint density at radius 1 is 1.42 bits per heavy atom. The van der Waals surface area contributed by atoms with Gasteiger partial charge in [-0.25, -0.2) is 4.98 Å². The van der Waals surface area contributed by atoms with E-state index in [2.05, 4.69) is 15.6 Å². The van der Waals surface area contributed by atoms with E-state index in [1.165, 1.54) is 19.0 Å². The second-order valence-corrected chi connectivity index (χ2v) is 5.64. The highest BCUT2D eigenvalue weighted by molar-refractivity contribution is 6.35. The van der Waals surface area contributed by atoms with E-state index in [9.17, 15) is 4.79 Å². The summed E-state index contributed by atoms with van der Waals surface area (Å²) in [7, 11) is 0. The summed E-state index contributed by atoms with van der Waals surface area (Å²) < 4.78 is 0. The Balaban J connectivity index is 1.92. The van der Waals surface area contributed by atoms with Crippen molar-refractivity contribution in [1.29, 1.82) is 0 Å². The van der Waals surface area contributed by atoms with Crippen LogP contribution in [0.5, 0.6) is 0 Å². The molecule has 19 heavy (non-hydrogen) atoms. The van der Waals surface area contributed by atoms with Gasteiger partial charge in [-0.05, 0) is 25.8 Å². The fourth-order valence-electron chi connectivity index (χ4n) is 2.21. The summed E-state index contributed by atoms with van der Waals surface area (Å²) in [5.74, 6) is -0.0158. The maximum absolute atomic E-state index is 12.0. The van der Waals surface area contributed by atoms with E-state index in [1.807, 2.05) is 0 Å². The lowest BCUT2D eigenvalue weighted by Crippen LogP contribution is -2.42. The number of anilines is 1. The van der Waals surface area contributed by atoms with Crippen molar-refractivity contribution in [3.8, 4) is 0 Å². The van der Waals surface area contributed by atoms with Gasteiger partial charge in [0, 0.05) is 6.04 Å². The minimum Gasteiger partial charge on any atom is -0.371 e. The highest BCUT2D eigenvalue weighted by Crippen LogP contribution is 2.24. The second-order valence-electron chi connectivity index (χ2n) is 4.84. The van der Waals surface area contributed by atoms with Crippen LogP contribution in [0, 0.1) is 0 Å². The van der Waals surface area contributed by atoms with Gasteiger partial charge >= 0.3 is 0 Å². The molecule has 0 saturated heterocycles. The zero-order chi connectivity index (χ0) is 13.8. The lowest BCUT2D eigenvalue weighted by Gasteiger charge is -2.19. The number of hydrogen-bond donors (Lipinski definition) is 2. The number of rotatable bonds is 4. The summed E-state index contributed by atoms with van der Waals surface area (Å²) in [6.07, 6.45) is 6.06. The quantitative estimate of drug-likeness (QED) is 0.839. The minimum atomic E-state index is -0.360. The average Bonchev–Trinajstić information content (AvgIpc) is 2.85. The number of hydrogen-bond acceptors (Lipinski definition) is 3. The molecule has 1 saturated carbocycles. The summed E-state index contributed by atoms with van der Waals surface area (Å²) in [5.41, 5.74) is 0.611. The summed E-state index contributed by atoms with van der Waals surface area (Å²) in [4.78, 5) is 16.0. The third kappa shape index (κ3) is 3.98. The smallest absolute Gasteiger partial charge is 0.242 e. The van der Waals surface area contributed by atoms with Crippen molar-refractivity contribution in [3.05, 3.63) is 22.4 Å². The Morgan fingerprint density at radius 2 is 2.11 bits per heavy atom. The van der Waals surface area contributed by atoms with Gasteiger partial charge in [0.25, 0.3) is 0 Å². The zero-order valence-electron chi connectivity index (χ0n) is 10.7. The summed E-state index contributed by atoms with van der Waals surface area (Å²) >= 11 is 11.8. The van der Waals surface area contributed by atoms with Crippen LogP contribution in [0.1, 0.15) is 32.6 Å². The molecule has 4 nitrogen and oxygen atoms in total. The Morgan fingerprint density at radius 3 is 2.74 bits per heavy atom. The fourth-order valence-corrected chi connectivity index (χ4v) is 2.63. The standard InChI is InChI=1S/C13H17Cl2N3O/c1-8(13(19)18-9-4-2-3-5-9)17-11-7-16-12(15)6-10(11)14/h6-9,17H,2-5H2,1H3,(H,18,19)/t8-/m1/s1. The molecule has 2 rings (SSSR count). The van der Waals surface area contributed by atoms with E-state index in [0.717, 1.165) is 12.8 Å². The maximum Gasteiger partial charge on any atom is 0.242 e. The van der Waals surface area contributed by atoms with Gasteiger partial charge in [-0.3, -0.25) is 4.79 Å². The van der Waals surface area contributed by atoms with Gasteiger partial charge in [-0.1, -0.05) is 36.0 Å². The highest BCUT2D eigenvalue weighted by Gasteiger charge is 2.21. The Kier molecular flexibility index (Phi) is 4.88. The van der Waals surface area contributed by atoms with Gasteiger partial charge < -0.3 is 10.6 Å². The predicted octanol–water partition coefficient (Wildman–Crippen LogP) is 3.25. The molecule has 1 fully saturated rings. The molecule has 0 unspecified atom stereocenters. The van der Waals surface area contributed by atoms with Gasteiger partial charge in [-0.2, -0.15) is 0 Å². The van der Waals surface area contributed by atoms with Gasteiger partial charge in [0.1, 0.15) is 11.2 Å². The van der Waals surface area contributed by atoms with Crippen molar-refractivity contribution in [3.63, 3.8) is 0 Å². The minimum absolute atomic E-state index is 0.0158. The first-order valence-electron chi connectivity index (χ1n) is 6.44. The average molecular weight is 302 g/mol. The van der Waals surface area contributed by atoms with E-state index in [0.29, 0.717) is 21.9 Å². The highest BCUT2D eigenvalue weighted by atomic mass is 35.5. The van der Waals surface area contributed by atoms with Crippen LogP contribution < -0.4 is 10.6 Å². The molecule has 1 atom stereocenters. The Hall–Kier alpha value is -1.00. The number of nitrogens with zero attached hydrogens (tertiary/aromatic N) is 1. The van der Waals surface area contributed by atoms with E-state index in [-0.39, 0.29) is 11.9 Å². The van der Waals surface area contributed by atoms with Crippen molar-refractivity contribution in [2.45, 2.75) is 44.7 Å². The van der Waals surface area contributed by atoms with E-state index in [4.69, 9.17) is 23.2 Å². The van der Waals surface area contributed by atoms with Crippen molar-refractivity contribution in [2.24, 2.45) is 0 Å². The lowest BCUT2D eigenvalue weighted by atomic mass is 10.2. The third-order valence-electron chi connectivity index (χ3n) is 3.29. The number of nitrogens with one attached hydrogen (secondary N) is 2. The monoisotopic (exact) mass is 301 g/mol. The van der Waals surface area contributed by atoms with Crippen LogP contribution in [0.25, 0.3) is 0 Å². The molecule has 0 aliphatic heterocycles. The number of pyridine rings is 1. The molecule has 1 amide bonds. The topological polar surface area (TPSA) is 54.0 Å². The number of aromatic nitrogens is 1. The molecule has 0 spiro atoms. The molecule has 2 N–H and O–H groups in total. The molecular weight excluding hydrogens is 285 g/mol. The van der Waals surface area contributed by atoms with Crippen LogP contribution in [0.15, 0.2) is 12.3 Å². The molecular formula is C13H17Cl2N3O. The van der Waals surface area contributed by atoms with Gasteiger partial charge in [0.2, 0.25) is 5.91 Å². The Labute approximate surface area is 122 Å². The summed E-state index contributed by atoms with van der Waals surface area (Å²) in [6.45, 7) is 1.80. The van der Waals surface area contributed by atoms with Crippen LogP contribution in [-0.4, -0.2) is 23.0 Å². The SMILES string of the molecule is C[C@@H](Nc1cnc(Cl)cc1Cl)C(=O)NC1CCCC1. The number of carbonyl (C=O) groups excluding carboxylic acids is 1. The van der Waals surface area contributed by atoms with Gasteiger partial charge in [-0.15, -0.1) is 0 Å². The molecule has 1 aromatic heterocycles. The van der Waals surface area contributed by atoms with Crippen LogP contribution in [-0.2, 0) is 4.79 Å². The fraction of sp³-hybridized carbons (Fsp3) is 0.538. The van der Waals surface area contributed by atoms with Gasteiger partial charge in [0.05, 0.1) is 16.9 Å². The molecule has 0 bridgehead atoms. The lowest BCUT2D eigenvalue weighted by molar-refractivity contribution is -0.122. The van der Waals surface area contributed by atoms with Crippen LogP contribution >= 0.6 is 23.2 Å². The molecule has 0 radical (unpaired) electrons. The van der Waals surface area contributed by atoms with E-state index >= 15 is 0 Å². The molecule has 6 heteroatoms. The van der Waals surface area contributed by atoms with Crippen molar-refractivity contribution < 1.29 is 4.79 Å². The summed E-state index contributed by atoms with van der Waals surface area (Å²) in [6, 6.07) is 1.50. The van der Waals surface area contributed by atoms with Crippen LogP contribution in [0.3, 0.4) is 0 Å². The maximum atomic E-state index is 12.0. The molecule has 1 aliphatic carbocycles. The van der Waals surface area contributed by atoms with Crippen molar-refractivity contribution in [1.82, 2.24) is 10.3 Å². The molecule has 0 aromatic carbocycles. The van der Waals surface area contributed by atoms with Crippen LogP contribution in [0.4, 0.5) is 5.69 Å². The Bertz CT molecular complexity index is 461. The first-order valence-corrected chi connectivity index (χ1v) is 7.20. The predicted molar refractivity (Wildman–Crippen MR) is 77.7 cm³/mol. The molecule has 1 heterocycles. The first-order chi connectivity index (χ1) is 9.06. The van der Waals surface area contributed by atoms with E-state index < -0.39 is 0 Å². The second kappa shape index (κ2) is 6.44. The molecule has 104 valence electrons. The van der Waals surface area contributed by atoms with Crippen LogP contribution in [0.2, 0.25) is 10.2 Å². The van der Waals surface area contributed by atoms with E-state index in [1.54, 1.807) is 13.0 Å². The van der Waals surface area contributed by atoms with Crippen molar-refractivity contribution in [2.75, 3.05) is 5.32 Å². The normalized spacial score (nSPS) is 17.2. The summed E-state index contributed by atoms with van der Waals surface area (Å²) in [5, 5.41) is 6.88. The largest absolute Gasteiger partial charge is 0.371 e. The number of carbonyl (C=O) groups is 1. The molecule has 1 aliphatic rings. The van der Waals surface area contributed by atoms with Crippen molar-refractivity contribution >= 4 is 34.8 Å². The third-order valence-corrected chi connectivity index (χ3v) is 3.81.